The van der Waals surface area contributed by atoms with E-state index in [0.29, 0.717) is 40.9 Å². The van der Waals surface area contributed by atoms with Crippen molar-refractivity contribution in [2.24, 2.45) is 0 Å². The highest BCUT2D eigenvalue weighted by Crippen LogP contribution is 2.44. The Bertz CT molecular complexity index is 2020. The molecule has 1 saturated carbocycles. The Labute approximate surface area is 330 Å². The molecule has 4 aromatic carbocycles. The van der Waals surface area contributed by atoms with E-state index in [-0.39, 0.29) is 18.8 Å². The Morgan fingerprint density at radius 1 is 0.927 bits per heavy atom. The molecule has 1 heterocycles. The van der Waals surface area contributed by atoms with E-state index >= 15 is 0 Å². The van der Waals surface area contributed by atoms with E-state index in [4.69, 9.17) is 32.4 Å². The first-order chi connectivity index (χ1) is 26.9. The number of nitrogens with one attached hydrogen (secondary N) is 1. The second kappa shape index (κ2) is 18.4. The van der Waals surface area contributed by atoms with E-state index in [0.717, 1.165) is 79.5 Å². The Kier molecular flexibility index (Phi) is 12.9. The molecule has 0 spiro atoms. The number of aliphatic hydroxyl groups excluding tert-OH is 1. The number of ether oxygens (including phenoxy) is 3. The highest BCUT2D eigenvalue weighted by Gasteiger charge is 2.29. The minimum Gasteiger partial charge on any atom is -0.493 e. The van der Waals surface area contributed by atoms with Crippen LogP contribution in [-0.4, -0.2) is 48.4 Å². The summed E-state index contributed by atoms with van der Waals surface area (Å²) < 4.78 is 19.5. The summed E-state index contributed by atoms with van der Waals surface area (Å²) >= 11 is 6.97. The minimum absolute atomic E-state index is 0.00523. The van der Waals surface area contributed by atoms with Crippen LogP contribution >= 0.6 is 11.6 Å². The largest absolute Gasteiger partial charge is 0.493 e. The maximum atomic E-state index is 10.6. The van der Waals surface area contributed by atoms with Gasteiger partial charge in [0.25, 0.3) is 0 Å². The fraction of sp³-hybridized carbons (Fsp3) is 0.435. The highest BCUT2D eigenvalue weighted by molar-refractivity contribution is 6.32. The van der Waals surface area contributed by atoms with Crippen molar-refractivity contribution in [1.82, 2.24) is 10.2 Å². The Hall–Kier alpha value is -4.57. The number of hydrogen-bond acceptors (Lipinski definition) is 7. The van der Waals surface area contributed by atoms with Gasteiger partial charge in [-0.15, -0.1) is 0 Å². The van der Waals surface area contributed by atoms with Crippen molar-refractivity contribution < 1.29 is 19.3 Å². The summed E-state index contributed by atoms with van der Waals surface area (Å²) in [6.45, 7) is 14.5. The third kappa shape index (κ3) is 9.46. The lowest BCUT2D eigenvalue weighted by atomic mass is 9.92. The van der Waals surface area contributed by atoms with Crippen molar-refractivity contribution in [1.29, 1.82) is 5.26 Å². The number of nitrogens with zero attached hydrogens (tertiary/aromatic N) is 3. The van der Waals surface area contributed by atoms with Gasteiger partial charge in [-0.25, -0.2) is 4.85 Å². The molecule has 2 fully saturated rings. The van der Waals surface area contributed by atoms with Gasteiger partial charge in [0, 0.05) is 36.3 Å². The molecule has 0 amide bonds. The average Bonchev–Trinajstić information content (AvgIpc) is 3.63. The van der Waals surface area contributed by atoms with Crippen molar-refractivity contribution in [3.05, 3.63) is 117 Å². The number of benzene rings is 4. The molecule has 1 saturated heterocycles. The fourth-order valence-corrected chi connectivity index (χ4v) is 8.67. The smallest absolute Gasteiger partial charge is 0.188 e. The Morgan fingerprint density at radius 2 is 1.75 bits per heavy atom. The predicted octanol–water partition coefficient (Wildman–Crippen LogP) is 10.0. The Balaban J connectivity index is 1.09. The van der Waals surface area contributed by atoms with Gasteiger partial charge >= 0.3 is 0 Å². The summed E-state index contributed by atoms with van der Waals surface area (Å²) in [4.78, 5) is 6.09. The van der Waals surface area contributed by atoms with Crippen LogP contribution in [0.3, 0.4) is 0 Å². The monoisotopic (exact) mass is 758 g/mol. The molecule has 4 aromatic rings. The van der Waals surface area contributed by atoms with Crippen LogP contribution in [0.25, 0.3) is 16.0 Å². The number of halogens is 1. The standard InChI is InChI=1S/C46H51ClN4O4/c1-31-36(11-9-16-43(31)53-22-10-21-51-19-6-3-7-20-51)37-12-8-13-39-38(37)17-18-44(39)55-46-27-45(54-30-33-23-32(28-48)24-35(25-33)49-2)34(26-40(46)47)29-50-41-14-4-5-15-42(41)52/h8-9,11-13,16,23-27,41-42,44,50,52H,3-7,10,14-15,17-22,29-30H2,1H3/t41-,42+,44+/m1/s1. The molecule has 286 valence electrons. The zero-order chi connectivity index (χ0) is 38.1. The SMILES string of the molecule is [C-]#[N+]c1cc(C#N)cc(COc2cc(O[C@H]3CCc4c(-c5cccc(OCCCN6CCCCC6)c5C)cccc43)c(Cl)cc2CN[C@@H]2CCCC[C@@H]2O)c1. The fourth-order valence-electron chi connectivity index (χ4n) is 8.44. The number of piperidine rings is 1. The number of hydrogen-bond donors (Lipinski definition) is 2. The van der Waals surface area contributed by atoms with E-state index in [9.17, 15) is 10.4 Å². The number of nitriles is 1. The quantitative estimate of drug-likeness (QED) is 0.0977. The molecule has 2 N–H and O–H groups in total. The van der Waals surface area contributed by atoms with Crippen molar-refractivity contribution >= 4 is 17.3 Å². The molecule has 3 atom stereocenters. The Morgan fingerprint density at radius 3 is 2.56 bits per heavy atom. The molecule has 9 heteroatoms. The number of likely N-dealkylation sites (tertiary alicyclic amines) is 1. The van der Waals surface area contributed by atoms with Gasteiger partial charge in [0.1, 0.15) is 30.0 Å². The molecule has 7 rings (SSSR count). The summed E-state index contributed by atoms with van der Waals surface area (Å²) in [5.74, 6) is 2.07. The zero-order valence-electron chi connectivity index (χ0n) is 31.8. The number of fused-ring (bicyclic) bond motifs is 1. The van der Waals surface area contributed by atoms with Crippen LogP contribution in [0.5, 0.6) is 17.2 Å². The lowest BCUT2D eigenvalue weighted by molar-refractivity contribution is 0.0901. The first-order valence-electron chi connectivity index (χ1n) is 19.9. The second-order valence-electron chi connectivity index (χ2n) is 15.2. The third-order valence-electron chi connectivity index (χ3n) is 11.4. The van der Waals surface area contributed by atoms with Gasteiger partial charge in [-0.2, -0.15) is 5.26 Å². The summed E-state index contributed by atoms with van der Waals surface area (Å²) in [6, 6.07) is 23.8. The van der Waals surface area contributed by atoms with Crippen LogP contribution in [0.15, 0.2) is 66.7 Å². The first-order valence-corrected chi connectivity index (χ1v) is 20.3. The highest BCUT2D eigenvalue weighted by atomic mass is 35.5. The molecular formula is C46H51ClN4O4. The molecule has 2 aliphatic carbocycles. The molecular weight excluding hydrogens is 708 g/mol. The predicted molar refractivity (Wildman–Crippen MR) is 217 cm³/mol. The molecule has 0 bridgehead atoms. The van der Waals surface area contributed by atoms with E-state index in [2.05, 4.69) is 64.5 Å². The van der Waals surface area contributed by atoms with Crippen LogP contribution in [0.1, 0.15) is 97.3 Å². The van der Waals surface area contributed by atoms with Gasteiger partial charge in [-0.1, -0.05) is 61.2 Å². The van der Waals surface area contributed by atoms with E-state index in [1.165, 1.54) is 49.0 Å². The molecule has 0 unspecified atom stereocenters. The van der Waals surface area contributed by atoms with Crippen LogP contribution < -0.4 is 19.5 Å². The van der Waals surface area contributed by atoms with E-state index in [1.807, 2.05) is 12.1 Å². The lowest BCUT2D eigenvalue weighted by Crippen LogP contribution is -2.41. The number of rotatable bonds is 14. The van der Waals surface area contributed by atoms with Crippen LogP contribution in [-0.2, 0) is 19.6 Å². The van der Waals surface area contributed by atoms with Crippen LogP contribution in [0, 0.1) is 24.8 Å². The summed E-state index contributed by atoms with van der Waals surface area (Å²) in [7, 11) is 0. The average molecular weight is 759 g/mol. The molecule has 8 nitrogen and oxygen atoms in total. The van der Waals surface area contributed by atoms with E-state index < -0.39 is 6.10 Å². The second-order valence-corrected chi connectivity index (χ2v) is 15.6. The van der Waals surface area contributed by atoms with Gasteiger partial charge < -0.3 is 29.5 Å². The summed E-state index contributed by atoms with van der Waals surface area (Å²) in [5, 5.41) is 24.2. The van der Waals surface area contributed by atoms with Crippen LogP contribution in [0.2, 0.25) is 5.02 Å². The molecule has 1 aliphatic heterocycles. The van der Waals surface area contributed by atoms with Crippen molar-refractivity contribution in [3.8, 4) is 34.4 Å². The molecule has 55 heavy (non-hydrogen) atoms. The zero-order valence-corrected chi connectivity index (χ0v) is 32.5. The van der Waals surface area contributed by atoms with Gasteiger partial charge in [-0.3, -0.25) is 0 Å². The summed E-state index contributed by atoms with van der Waals surface area (Å²) in [5.41, 5.74) is 8.35. The molecule has 0 radical (unpaired) electrons. The topological polar surface area (TPSA) is 91.3 Å². The van der Waals surface area contributed by atoms with Crippen molar-refractivity contribution in [2.45, 2.75) is 103 Å². The lowest BCUT2D eigenvalue weighted by Gasteiger charge is -2.29. The van der Waals surface area contributed by atoms with Gasteiger partial charge in [0.15, 0.2) is 5.69 Å². The molecule has 0 aromatic heterocycles. The van der Waals surface area contributed by atoms with Crippen molar-refractivity contribution in [3.63, 3.8) is 0 Å². The maximum absolute atomic E-state index is 10.6. The van der Waals surface area contributed by atoms with Gasteiger partial charge in [-0.05, 0) is 129 Å². The van der Waals surface area contributed by atoms with Crippen LogP contribution in [0.4, 0.5) is 5.69 Å². The first kappa shape index (κ1) is 38.7. The molecule has 3 aliphatic rings. The number of aliphatic hydroxyl groups is 1. The third-order valence-corrected chi connectivity index (χ3v) is 11.7. The van der Waals surface area contributed by atoms with Crippen molar-refractivity contribution in [2.75, 3.05) is 26.2 Å². The minimum atomic E-state index is -0.391. The maximum Gasteiger partial charge on any atom is 0.188 e. The normalized spacial score (nSPS) is 19.6. The van der Waals surface area contributed by atoms with E-state index in [1.54, 1.807) is 18.2 Å². The van der Waals surface area contributed by atoms with Gasteiger partial charge in [0.05, 0.1) is 30.4 Å². The summed E-state index contributed by atoms with van der Waals surface area (Å²) in [6.07, 6.45) is 9.90. The van der Waals surface area contributed by atoms with Gasteiger partial charge in [0.2, 0.25) is 0 Å².